The highest BCUT2D eigenvalue weighted by Crippen LogP contribution is 2.26. The van der Waals surface area contributed by atoms with Crippen molar-refractivity contribution in [1.29, 1.82) is 0 Å². The third-order valence-electron chi connectivity index (χ3n) is 4.63. The Morgan fingerprint density at radius 2 is 1.86 bits per heavy atom. The third-order valence-corrected chi connectivity index (χ3v) is 4.63. The smallest absolute Gasteiger partial charge is 0.140 e. The van der Waals surface area contributed by atoms with Crippen LogP contribution in [0.1, 0.15) is 51.4 Å². The molecule has 0 radical (unpaired) electrons. The van der Waals surface area contributed by atoms with Gasteiger partial charge in [-0.25, -0.2) is 0 Å². The summed E-state index contributed by atoms with van der Waals surface area (Å²) in [4.78, 5) is 6.70. The first-order valence-corrected chi connectivity index (χ1v) is 8.43. The number of ether oxygens (including phenoxy) is 1. The van der Waals surface area contributed by atoms with Crippen molar-refractivity contribution in [2.45, 2.75) is 63.5 Å². The fourth-order valence-corrected chi connectivity index (χ4v) is 3.44. The topological polar surface area (TPSA) is 51.4 Å². The lowest BCUT2D eigenvalue weighted by Gasteiger charge is -2.32. The number of hydrogen-bond donors (Lipinski definition) is 1. The van der Waals surface area contributed by atoms with Crippen LogP contribution in [0.2, 0.25) is 0 Å². The molecule has 3 rings (SSSR count). The lowest BCUT2D eigenvalue weighted by Crippen LogP contribution is -2.42. The molecule has 4 nitrogen and oxygen atoms in total. The number of anilines is 1. The summed E-state index contributed by atoms with van der Waals surface area (Å²) in [6.45, 7) is 2.00. The van der Waals surface area contributed by atoms with E-state index in [1.54, 1.807) is 0 Å². The Bertz CT molecular complexity index is 443. The van der Waals surface area contributed by atoms with Gasteiger partial charge in [0.25, 0.3) is 0 Å². The molecule has 1 saturated heterocycles. The van der Waals surface area contributed by atoms with Crippen molar-refractivity contribution in [2.24, 2.45) is 5.73 Å². The van der Waals surface area contributed by atoms with Crippen molar-refractivity contribution in [3.05, 3.63) is 18.5 Å². The van der Waals surface area contributed by atoms with Crippen LogP contribution < -0.4 is 15.4 Å². The van der Waals surface area contributed by atoms with Gasteiger partial charge in [-0.05, 0) is 38.5 Å². The molecule has 2 aliphatic rings. The van der Waals surface area contributed by atoms with Gasteiger partial charge < -0.3 is 15.4 Å². The summed E-state index contributed by atoms with van der Waals surface area (Å²) in [6, 6.07) is 2.42. The molecule has 2 N–H and O–H groups in total. The largest absolute Gasteiger partial charge is 0.489 e. The van der Waals surface area contributed by atoms with Crippen LogP contribution in [0.4, 0.5) is 5.69 Å². The number of pyridine rings is 1. The second-order valence-corrected chi connectivity index (χ2v) is 6.46. The maximum absolute atomic E-state index is 6.17. The van der Waals surface area contributed by atoms with Crippen molar-refractivity contribution >= 4 is 5.69 Å². The van der Waals surface area contributed by atoms with Crippen molar-refractivity contribution in [3.63, 3.8) is 0 Å². The molecule has 0 bridgehead atoms. The van der Waals surface area contributed by atoms with Gasteiger partial charge in [0.1, 0.15) is 5.75 Å². The molecule has 4 heteroatoms. The van der Waals surface area contributed by atoms with Gasteiger partial charge in [-0.15, -0.1) is 0 Å². The van der Waals surface area contributed by atoms with E-state index >= 15 is 0 Å². The van der Waals surface area contributed by atoms with Gasteiger partial charge in [0.05, 0.1) is 24.2 Å². The van der Waals surface area contributed by atoms with Crippen LogP contribution in [0.3, 0.4) is 0 Å². The zero-order chi connectivity index (χ0) is 14.5. The molecule has 1 aliphatic heterocycles. The second kappa shape index (κ2) is 7.12. The normalized spacial score (nSPS) is 24.6. The Hall–Kier alpha value is -1.29. The number of aromatic nitrogens is 1. The maximum Gasteiger partial charge on any atom is 0.140 e. The summed E-state index contributed by atoms with van der Waals surface area (Å²) >= 11 is 0. The van der Waals surface area contributed by atoms with Crippen LogP contribution in [-0.4, -0.2) is 30.2 Å². The van der Waals surface area contributed by atoms with E-state index in [0.717, 1.165) is 37.4 Å². The average molecular weight is 289 g/mol. The Kier molecular flexibility index (Phi) is 4.96. The molecule has 21 heavy (non-hydrogen) atoms. The van der Waals surface area contributed by atoms with E-state index in [0.29, 0.717) is 6.10 Å². The molecule has 1 atom stereocenters. The maximum atomic E-state index is 6.17. The SMILES string of the molecule is NC1CCCN(c2cncc(OC3CCCCCC3)c2)C1. The monoisotopic (exact) mass is 289 g/mol. The summed E-state index contributed by atoms with van der Waals surface area (Å²) in [6.07, 6.45) is 14.1. The van der Waals surface area contributed by atoms with Crippen LogP contribution in [-0.2, 0) is 0 Å². The lowest BCUT2D eigenvalue weighted by atomic mass is 10.1. The Balaban J connectivity index is 1.64. The zero-order valence-corrected chi connectivity index (χ0v) is 12.8. The standard InChI is InChI=1S/C17H27N3O/c18-14-6-5-9-20(13-14)15-10-17(12-19-11-15)21-16-7-3-1-2-4-8-16/h10-12,14,16H,1-9,13,18H2. The molecule has 2 fully saturated rings. The van der Waals surface area contributed by atoms with E-state index in [1.165, 1.54) is 38.5 Å². The quantitative estimate of drug-likeness (QED) is 0.869. The zero-order valence-electron chi connectivity index (χ0n) is 12.8. The molecule has 1 aromatic heterocycles. The number of nitrogens with two attached hydrogens (primary N) is 1. The van der Waals surface area contributed by atoms with Gasteiger partial charge in [0.2, 0.25) is 0 Å². The van der Waals surface area contributed by atoms with Crippen LogP contribution in [0.5, 0.6) is 5.75 Å². The number of nitrogens with zero attached hydrogens (tertiary/aromatic N) is 2. The molecule has 1 aliphatic carbocycles. The average Bonchev–Trinajstić information content (AvgIpc) is 2.76. The molecule has 116 valence electrons. The molecular weight excluding hydrogens is 262 g/mol. The summed E-state index contributed by atoms with van der Waals surface area (Å²) < 4.78 is 6.17. The summed E-state index contributed by atoms with van der Waals surface area (Å²) in [7, 11) is 0. The third kappa shape index (κ3) is 4.10. The summed E-state index contributed by atoms with van der Waals surface area (Å²) in [5.41, 5.74) is 7.22. The number of rotatable bonds is 3. The van der Waals surface area contributed by atoms with Gasteiger partial charge in [-0.3, -0.25) is 4.98 Å². The van der Waals surface area contributed by atoms with Crippen molar-refractivity contribution < 1.29 is 4.74 Å². The van der Waals surface area contributed by atoms with E-state index in [2.05, 4.69) is 16.0 Å². The Morgan fingerprint density at radius 3 is 2.62 bits per heavy atom. The lowest BCUT2D eigenvalue weighted by molar-refractivity contribution is 0.183. The minimum absolute atomic E-state index is 0.283. The minimum Gasteiger partial charge on any atom is -0.489 e. The van der Waals surface area contributed by atoms with Gasteiger partial charge in [0.15, 0.2) is 0 Å². The van der Waals surface area contributed by atoms with Crippen LogP contribution in [0, 0.1) is 0 Å². The van der Waals surface area contributed by atoms with E-state index in [9.17, 15) is 0 Å². The van der Waals surface area contributed by atoms with Gasteiger partial charge in [0, 0.05) is 25.2 Å². The van der Waals surface area contributed by atoms with Crippen LogP contribution in [0.25, 0.3) is 0 Å². The second-order valence-electron chi connectivity index (χ2n) is 6.46. The highest BCUT2D eigenvalue weighted by molar-refractivity contribution is 5.48. The Labute approximate surface area is 127 Å². The highest BCUT2D eigenvalue weighted by atomic mass is 16.5. The molecule has 2 heterocycles. The number of piperidine rings is 1. The van der Waals surface area contributed by atoms with Gasteiger partial charge >= 0.3 is 0 Å². The van der Waals surface area contributed by atoms with Gasteiger partial charge in [-0.1, -0.05) is 12.8 Å². The molecule has 1 aromatic rings. The fraction of sp³-hybridized carbons (Fsp3) is 0.706. The molecule has 1 unspecified atom stereocenters. The van der Waals surface area contributed by atoms with Gasteiger partial charge in [-0.2, -0.15) is 0 Å². The van der Waals surface area contributed by atoms with E-state index in [1.807, 2.05) is 12.4 Å². The first-order chi connectivity index (χ1) is 10.3. The van der Waals surface area contributed by atoms with Crippen LogP contribution >= 0.6 is 0 Å². The Morgan fingerprint density at radius 1 is 1.05 bits per heavy atom. The first-order valence-electron chi connectivity index (χ1n) is 8.43. The predicted octanol–water partition coefficient (Wildman–Crippen LogP) is 3.11. The van der Waals surface area contributed by atoms with Crippen molar-refractivity contribution in [1.82, 2.24) is 4.98 Å². The highest BCUT2D eigenvalue weighted by Gasteiger charge is 2.18. The van der Waals surface area contributed by atoms with E-state index in [4.69, 9.17) is 10.5 Å². The molecular formula is C17H27N3O. The molecule has 0 aromatic carbocycles. The predicted molar refractivity (Wildman–Crippen MR) is 85.8 cm³/mol. The first kappa shape index (κ1) is 14.6. The molecule has 0 spiro atoms. The van der Waals surface area contributed by atoms with E-state index in [-0.39, 0.29) is 6.04 Å². The van der Waals surface area contributed by atoms with Crippen LogP contribution in [0.15, 0.2) is 18.5 Å². The molecule has 0 amide bonds. The summed E-state index contributed by atoms with van der Waals surface area (Å²) in [5, 5.41) is 0. The number of hydrogen-bond acceptors (Lipinski definition) is 4. The summed E-state index contributed by atoms with van der Waals surface area (Å²) in [5.74, 6) is 0.915. The molecule has 1 saturated carbocycles. The van der Waals surface area contributed by atoms with Crippen molar-refractivity contribution in [2.75, 3.05) is 18.0 Å². The van der Waals surface area contributed by atoms with Crippen molar-refractivity contribution in [3.8, 4) is 5.75 Å². The fourth-order valence-electron chi connectivity index (χ4n) is 3.44. The minimum atomic E-state index is 0.283. The van der Waals surface area contributed by atoms with E-state index < -0.39 is 0 Å².